The summed E-state index contributed by atoms with van der Waals surface area (Å²) in [7, 11) is 1.56. The van der Waals surface area contributed by atoms with Gasteiger partial charge >= 0.3 is 5.97 Å². The summed E-state index contributed by atoms with van der Waals surface area (Å²) in [6.07, 6.45) is 4.37. The number of hydroxylamine groups is 2. The largest absolute Gasteiger partial charge is 0.458 e. The molecular weight excluding hydrogens is 516 g/mol. The number of rotatable bonds is 5. The van der Waals surface area contributed by atoms with E-state index in [2.05, 4.69) is 13.8 Å². The Morgan fingerprint density at radius 3 is 2.48 bits per heavy atom. The second-order valence-electron chi connectivity index (χ2n) is 14.0. The number of fused-ring (bicyclic) bond motifs is 5. The number of nitrogens with two attached hydrogens (primary N) is 1. The molecular formula is C30H48N2O8. The third kappa shape index (κ3) is 4.08. The van der Waals surface area contributed by atoms with Gasteiger partial charge in [0, 0.05) is 24.1 Å². The van der Waals surface area contributed by atoms with Gasteiger partial charge in [0.15, 0.2) is 6.23 Å². The van der Waals surface area contributed by atoms with Crippen molar-refractivity contribution >= 4 is 5.97 Å². The van der Waals surface area contributed by atoms with Crippen molar-refractivity contribution in [2.45, 2.75) is 114 Å². The molecule has 2 aliphatic heterocycles. The summed E-state index contributed by atoms with van der Waals surface area (Å²) in [6, 6.07) is -0.0141. The molecule has 4 unspecified atom stereocenters. The number of hydrogen-bond acceptors (Lipinski definition) is 10. The van der Waals surface area contributed by atoms with Gasteiger partial charge in [0.2, 0.25) is 0 Å². The zero-order chi connectivity index (χ0) is 28.6. The molecule has 0 aromatic rings. The van der Waals surface area contributed by atoms with Gasteiger partial charge in [0.1, 0.15) is 31.0 Å². The van der Waals surface area contributed by atoms with E-state index >= 15 is 0 Å². The minimum absolute atomic E-state index is 0.0141. The first kappa shape index (κ1) is 29.0. The fraction of sp³-hybridized carbons (Fsp3) is 0.900. The molecule has 4 aliphatic carbocycles. The molecule has 10 heteroatoms. The Labute approximate surface area is 236 Å². The lowest BCUT2D eigenvalue weighted by atomic mass is 9.43. The lowest BCUT2D eigenvalue weighted by Crippen LogP contribution is -2.66. The summed E-state index contributed by atoms with van der Waals surface area (Å²) in [5.74, 6) is 1.02. The summed E-state index contributed by atoms with van der Waals surface area (Å²) < 4.78 is 11.2. The number of nitrogens with zero attached hydrogens (tertiary/aromatic N) is 1. The van der Waals surface area contributed by atoms with E-state index in [9.17, 15) is 25.2 Å². The average Bonchev–Trinajstić information content (AvgIpc) is 3.48. The van der Waals surface area contributed by atoms with Crippen LogP contribution in [0, 0.1) is 34.5 Å². The third-order valence-corrected chi connectivity index (χ3v) is 12.7. The smallest absolute Gasteiger partial charge is 0.331 e. The van der Waals surface area contributed by atoms with Gasteiger partial charge in [-0.1, -0.05) is 13.8 Å². The van der Waals surface area contributed by atoms with Gasteiger partial charge < -0.3 is 35.6 Å². The minimum atomic E-state index is -1.37. The van der Waals surface area contributed by atoms with Gasteiger partial charge in [-0.25, -0.2) is 4.79 Å². The van der Waals surface area contributed by atoms with Crippen LogP contribution < -0.4 is 5.73 Å². The van der Waals surface area contributed by atoms with Crippen LogP contribution in [0.3, 0.4) is 0 Å². The van der Waals surface area contributed by atoms with E-state index in [-0.39, 0.29) is 41.2 Å². The molecule has 0 radical (unpaired) electrons. The van der Waals surface area contributed by atoms with Gasteiger partial charge in [-0.15, -0.1) is 0 Å². The third-order valence-electron chi connectivity index (χ3n) is 12.7. The fourth-order valence-corrected chi connectivity index (χ4v) is 10.4. The first-order valence-electron chi connectivity index (χ1n) is 15.3. The van der Waals surface area contributed by atoms with Crippen molar-refractivity contribution in [1.29, 1.82) is 0 Å². The van der Waals surface area contributed by atoms with E-state index < -0.39 is 36.2 Å². The van der Waals surface area contributed by atoms with Crippen molar-refractivity contribution in [2.75, 3.05) is 20.3 Å². The van der Waals surface area contributed by atoms with Gasteiger partial charge in [0.05, 0.1) is 12.7 Å². The highest BCUT2D eigenvalue weighted by Gasteiger charge is 2.68. The topological polar surface area (TPSA) is 155 Å². The molecule has 6 aliphatic rings. The molecule has 0 aromatic carbocycles. The van der Waals surface area contributed by atoms with Crippen molar-refractivity contribution in [3.63, 3.8) is 0 Å². The molecule has 13 atom stereocenters. The van der Waals surface area contributed by atoms with Gasteiger partial charge in [-0.2, -0.15) is 5.06 Å². The summed E-state index contributed by atoms with van der Waals surface area (Å²) in [4.78, 5) is 17.6. The van der Waals surface area contributed by atoms with E-state index in [0.717, 1.165) is 63.4 Å². The predicted octanol–water partition coefficient (Wildman–Crippen LogP) is 1.24. The van der Waals surface area contributed by atoms with Gasteiger partial charge in [0.25, 0.3) is 0 Å². The molecule has 0 aromatic heterocycles. The normalized spacial score (nSPS) is 52.5. The van der Waals surface area contributed by atoms with Crippen LogP contribution in [0.15, 0.2) is 11.6 Å². The molecule has 0 bridgehead atoms. The van der Waals surface area contributed by atoms with Crippen molar-refractivity contribution in [1.82, 2.24) is 5.06 Å². The maximum Gasteiger partial charge on any atom is 0.331 e. The first-order chi connectivity index (χ1) is 19.0. The molecule has 6 rings (SSSR count). The lowest BCUT2D eigenvalue weighted by Gasteiger charge is -2.64. The number of aliphatic hydroxyl groups excluding tert-OH is 3. The molecule has 6 N–H and O–H groups in total. The molecule has 2 heterocycles. The Balaban J connectivity index is 1.19. The highest BCUT2D eigenvalue weighted by molar-refractivity contribution is 5.85. The highest BCUT2D eigenvalue weighted by Crippen LogP contribution is 2.70. The minimum Gasteiger partial charge on any atom is -0.458 e. The molecule has 0 amide bonds. The molecule has 4 saturated carbocycles. The quantitative estimate of drug-likeness (QED) is 0.243. The Morgan fingerprint density at radius 1 is 1.02 bits per heavy atom. The van der Waals surface area contributed by atoms with Crippen LogP contribution in [0.2, 0.25) is 0 Å². The second-order valence-corrected chi connectivity index (χ2v) is 14.0. The molecule has 1 saturated heterocycles. The molecule has 226 valence electrons. The molecule has 5 fully saturated rings. The van der Waals surface area contributed by atoms with Crippen LogP contribution in [-0.2, 0) is 19.1 Å². The van der Waals surface area contributed by atoms with E-state index in [0.29, 0.717) is 18.4 Å². The number of cyclic esters (lactones) is 1. The molecule has 10 nitrogen and oxygen atoms in total. The van der Waals surface area contributed by atoms with Crippen molar-refractivity contribution in [3.8, 4) is 0 Å². The summed E-state index contributed by atoms with van der Waals surface area (Å²) >= 11 is 0. The number of carbonyl (C=O) groups is 1. The standard InChI is InChI=1S/C30H48N2O8/c1-28-9-6-18(32(38-3)27-26(36)25(35)24(34)22(14-31)40-27)13-17(28)4-5-21-20(28)7-10-29(2)19(8-11-30(21,29)37)16-12-23(33)39-15-16/h12,17-22,24-27,34-37H,4-11,13-15,31H2,1-3H3/t17?,18-,19+,20?,21?,22+,24+,25-,26-,27?,28-,29+,30-/m0/s1. The van der Waals surface area contributed by atoms with E-state index in [1.54, 1.807) is 18.2 Å². The van der Waals surface area contributed by atoms with Crippen LogP contribution in [0.25, 0.3) is 0 Å². The van der Waals surface area contributed by atoms with E-state index in [1.807, 2.05) is 0 Å². The summed E-state index contributed by atoms with van der Waals surface area (Å²) in [5, 5.41) is 45.7. The van der Waals surface area contributed by atoms with Crippen LogP contribution in [0.5, 0.6) is 0 Å². The SMILES string of the molecule is CON(C1O[C@H](CN)[C@@H](O)[C@H](O)[C@@H]1O)[C@H]1CC[C@@]2(C)C(CCC3C2CC[C@]2(C)[C@@H](C4=CC(=O)OC4)CC[C@]32O)C1. The van der Waals surface area contributed by atoms with E-state index in [1.165, 1.54) is 0 Å². The van der Waals surface area contributed by atoms with E-state index in [4.69, 9.17) is 20.0 Å². The fourth-order valence-electron chi connectivity index (χ4n) is 10.4. The average molecular weight is 565 g/mol. The number of esters is 1. The van der Waals surface area contributed by atoms with Crippen LogP contribution in [0.1, 0.15) is 71.6 Å². The predicted molar refractivity (Wildman–Crippen MR) is 144 cm³/mol. The maximum atomic E-state index is 12.5. The van der Waals surface area contributed by atoms with Crippen LogP contribution >= 0.6 is 0 Å². The molecule has 40 heavy (non-hydrogen) atoms. The maximum absolute atomic E-state index is 12.5. The Kier molecular flexibility index (Phi) is 7.43. The van der Waals surface area contributed by atoms with Crippen molar-refractivity contribution in [2.24, 2.45) is 40.2 Å². The second kappa shape index (κ2) is 10.3. The van der Waals surface area contributed by atoms with Gasteiger partial charge in [-0.3, -0.25) is 4.84 Å². The summed E-state index contributed by atoms with van der Waals surface area (Å²) in [5.41, 5.74) is 5.92. The Morgan fingerprint density at radius 2 is 1.80 bits per heavy atom. The zero-order valence-electron chi connectivity index (χ0n) is 24.1. The van der Waals surface area contributed by atoms with Gasteiger partial charge in [-0.05, 0) is 92.4 Å². The summed E-state index contributed by atoms with van der Waals surface area (Å²) in [6.45, 7) is 5.06. The monoisotopic (exact) mass is 564 g/mol. The first-order valence-corrected chi connectivity index (χ1v) is 15.3. The van der Waals surface area contributed by atoms with Crippen molar-refractivity contribution < 1.29 is 39.5 Å². The number of carbonyl (C=O) groups excluding carboxylic acids is 1. The highest BCUT2D eigenvalue weighted by atomic mass is 16.7. The number of ether oxygens (including phenoxy) is 2. The van der Waals surface area contributed by atoms with Crippen LogP contribution in [0.4, 0.5) is 0 Å². The molecule has 0 spiro atoms. The number of aliphatic hydroxyl groups is 4. The zero-order valence-corrected chi connectivity index (χ0v) is 24.1. The Hall–Kier alpha value is -1.11. The van der Waals surface area contributed by atoms with Crippen molar-refractivity contribution in [3.05, 3.63) is 11.6 Å². The number of hydrogen-bond donors (Lipinski definition) is 5. The van der Waals surface area contributed by atoms with Crippen LogP contribution in [-0.4, -0.2) is 94.0 Å². The Bertz CT molecular complexity index is 1020. The lowest BCUT2D eigenvalue weighted by molar-refractivity contribution is -0.341.